The minimum Gasteiger partial charge on any atom is -0.353 e. The van der Waals surface area contributed by atoms with Crippen LogP contribution in [0.5, 0.6) is 0 Å². The lowest BCUT2D eigenvalue weighted by molar-refractivity contribution is -0.132. The summed E-state index contributed by atoms with van der Waals surface area (Å²) < 4.78 is 3.12. The molecule has 5 rings (SSSR count). The number of aryl methyl sites for hydroxylation is 2. The number of carbonyl (C=O) groups is 5. The van der Waals surface area contributed by atoms with Gasteiger partial charge in [0.05, 0.1) is 23.3 Å². The van der Waals surface area contributed by atoms with E-state index in [1.807, 2.05) is 69.4 Å². The topological polar surface area (TPSA) is 185 Å². The zero-order valence-corrected chi connectivity index (χ0v) is 29.7. The molecule has 0 fully saturated rings. The zero-order chi connectivity index (χ0) is 36.7. The number of amides is 5. The monoisotopic (exact) mass is 698 g/mol. The maximum Gasteiger partial charge on any atom is 0.257 e. The van der Waals surface area contributed by atoms with Gasteiger partial charge in [0.15, 0.2) is 5.82 Å². The Hall–Kier alpha value is -5.60. The molecule has 4 N–H and O–H groups in total. The molecule has 0 saturated heterocycles. The highest BCUT2D eigenvalue weighted by Gasteiger charge is 2.31. The number of nitrogens with zero attached hydrogens (tertiary/aromatic N) is 6. The van der Waals surface area contributed by atoms with Crippen LogP contribution < -0.4 is 21.3 Å². The lowest BCUT2D eigenvalue weighted by Crippen LogP contribution is -2.54. The number of aromatic nitrogens is 5. The first-order chi connectivity index (χ1) is 24.4. The van der Waals surface area contributed by atoms with Crippen molar-refractivity contribution in [1.82, 2.24) is 50.5 Å². The highest BCUT2D eigenvalue weighted by Crippen LogP contribution is 2.21. The number of fused-ring (bicyclic) bond motifs is 2. The molecule has 1 aliphatic heterocycles. The van der Waals surface area contributed by atoms with Gasteiger partial charge in [-0.05, 0) is 50.3 Å². The summed E-state index contributed by atoms with van der Waals surface area (Å²) in [5, 5.41) is 20.3. The van der Waals surface area contributed by atoms with Crippen molar-refractivity contribution in [1.29, 1.82) is 0 Å². The van der Waals surface area contributed by atoms with Crippen LogP contribution in [-0.4, -0.2) is 90.5 Å². The van der Waals surface area contributed by atoms with Crippen molar-refractivity contribution < 1.29 is 24.0 Å². The van der Waals surface area contributed by atoms with Crippen LogP contribution in [0.25, 0.3) is 5.52 Å². The molecule has 270 valence electrons. The summed E-state index contributed by atoms with van der Waals surface area (Å²) in [6.45, 7) is 9.39. The van der Waals surface area contributed by atoms with Crippen LogP contribution >= 0.6 is 0 Å². The Morgan fingerprint density at radius 2 is 1.71 bits per heavy atom. The highest BCUT2D eigenvalue weighted by atomic mass is 16.2. The normalized spacial score (nSPS) is 20.3. The number of hydrogen-bond donors (Lipinski definition) is 4. The van der Waals surface area contributed by atoms with E-state index in [0.717, 1.165) is 11.1 Å². The third-order valence-electron chi connectivity index (χ3n) is 8.75. The first-order valence-corrected chi connectivity index (χ1v) is 17.2. The van der Waals surface area contributed by atoms with Crippen molar-refractivity contribution in [2.45, 2.75) is 78.6 Å². The molecule has 0 spiro atoms. The van der Waals surface area contributed by atoms with Crippen molar-refractivity contribution in [3.63, 3.8) is 0 Å². The molecule has 51 heavy (non-hydrogen) atoms. The van der Waals surface area contributed by atoms with E-state index in [1.54, 1.807) is 23.3 Å². The molecule has 3 aromatic heterocycles. The van der Waals surface area contributed by atoms with Crippen LogP contribution in [0, 0.1) is 19.8 Å². The van der Waals surface area contributed by atoms with Gasteiger partial charge in [-0.15, -0.1) is 0 Å². The van der Waals surface area contributed by atoms with E-state index in [1.165, 1.54) is 10.9 Å². The molecule has 15 heteroatoms. The fourth-order valence-corrected chi connectivity index (χ4v) is 6.03. The Morgan fingerprint density at radius 1 is 0.941 bits per heavy atom. The molecule has 0 radical (unpaired) electrons. The summed E-state index contributed by atoms with van der Waals surface area (Å²) in [7, 11) is 0. The summed E-state index contributed by atoms with van der Waals surface area (Å²) >= 11 is 0. The third-order valence-corrected chi connectivity index (χ3v) is 8.75. The second kappa shape index (κ2) is 16.4. The predicted octanol–water partition coefficient (Wildman–Crippen LogP) is 1.64. The van der Waals surface area contributed by atoms with Gasteiger partial charge in [0.2, 0.25) is 23.6 Å². The quantitative estimate of drug-likeness (QED) is 0.248. The van der Waals surface area contributed by atoms with E-state index < -0.39 is 29.9 Å². The fourth-order valence-electron chi connectivity index (χ4n) is 6.03. The molecular weight excluding hydrogens is 652 g/mol. The van der Waals surface area contributed by atoms with Crippen LogP contribution in [0.15, 0.2) is 54.9 Å². The summed E-state index contributed by atoms with van der Waals surface area (Å²) in [4.78, 5) is 73.5. The number of hydrogen-bond acceptors (Lipinski definition) is 8. The van der Waals surface area contributed by atoms with Crippen LogP contribution in [0.2, 0.25) is 0 Å². The molecule has 0 bridgehead atoms. The molecule has 5 amide bonds. The molecule has 0 aliphatic carbocycles. The maximum absolute atomic E-state index is 13.9. The lowest BCUT2D eigenvalue weighted by Gasteiger charge is -2.27. The van der Waals surface area contributed by atoms with Crippen molar-refractivity contribution >= 4 is 35.1 Å². The van der Waals surface area contributed by atoms with E-state index in [4.69, 9.17) is 0 Å². The van der Waals surface area contributed by atoms with Crippen LogP contribution in [0.3, 0.4) is 0 Å². The van der Waals surface area contributed by atoms with Crippen LogP contribution in [0.1, 0.15) is 72.8 Å². The smallest absolute Gasteiger partial charge is 0.257 e. The SMILES string of the molecule is Cc1ccc2c(C(=O)N3CCCC(=O)N[C@@H](C)C(=O)N[C@H](Cc4ccccc4)C(=O)N[C@@H](C(C)C)c4nc(C)nn4CC(=O)NCC3)cnn2c1. The summed E-state index contributed by atoms with van der Waals surface area (Å²) in [5.74, 6) is -1.32. The van der Waals surface area contributed by atoms with Crippen molar-refractivity contribution in [2.75, 3.05) is 19.6 Å². The number of nitrogens with one attached hydrogen (secondary N) is 4. The van der Waals surface area contributed by atoms with Gasteiger partial charge in [0, 0.05) is 38.7 Å². The fraction of sp³-hybridized carbons (Fsp3) is 0.444. The average molecular weight is 699 g/mol. The number of rotatable bonds is 4. The zero-order valence-electron chi connectivity index (χ0n) is 29.7. The van der Waals surface area contributed by atoms with Gasteiger partial charge in [0.1, 0.15) is 24.5 Å². The predicted molar refractivity (Wildman–Crippen MR) is 188 cm³/mol. The molecule has 0 saturated carbocycles. The minimum absolute atomic E-state index is 0.0418. The van der Waals surface area contributed by atoms with Crippen molar-refractivity contribution in [3.8, 4) is 0 Å². The summed E-state index contributed by atoms with van der Waals surface area (Å²) in [5.41, 5.74) is 2.87. The molecule has 1 aromatic carbocycles. The largest absolute Gasteiger partial charge is 0.353 e. The molecular formula is C36H46N10O5. The van der Waals surface area contributed by atoms with E-state index in [-0.39, 0.29) is 62.7 Å². The Bertz CT molecular complexity index is 1890. The number of carbonyl (C=O) groups excluding carboxylic acids is 5. The van der Waals surface area contributed by atoms with Gasteiger partial charge in [-0.2, -0.15) is 10.2 Å². The van der Waals surface area contributed by atoms with Gasteiger partial charge < -0.3 is 26.2 Å². The number of pyridine rings is 1. The first-order valence-electron chi connectivity index (χ1n) is 17.2. The maximum atomic E-state index is 13.9. The Kier molecular flexibility index (Phi) is 11.8. The second-order valence-corrected chi connectivity index (χ2v) is 13.3. The molecule has 15 nitrogen and oxygen atoms in total. The van der Waals surface area contributed by atoms with Gasteiger partial charge >= 0.3 is 0 Å². The van der Waals surface area contributed by atoms with Crippen molar-refractivity contribution in [2.24, 2.45) is 5.92 Å². The third kappa shape index (κ3) is 9.35. The van der Waals surface area contributed by atoms with Crippen LogP contribution in [-0.2, 0) is 32.1 Å². The first kappa shape index (κ1) is 36.7. The Morgan fingerprint density at radius 3 is 2.45 bits per heavy atom. The Balaban J connectivity index is 1.42. The van der Waals surface area contributed by atoms with E-state index in [0.29, 0.717) is 29.1 Å². The number of benzene rings is 1. The van der Waals surface area contributed by atoms with Gasteiger partial charge in [0.25, 0.3) is 5.91 Å². The minimum atomic E-state index is -0.977. The summed E-state index contributed by atoms with van der Waals surface area (Å²) in [6, 6.07) is 10.5. The molecule has 4 aromatic rings. The van der Waals surface area contributed by atoms with Crippen molar-refractivity contribution in [3.05, 3.63) is 83.2 Å². The molecule has 1 aliphatic rings. The van der Waals surface area contributed by atoms with Gasteiger partial charge in [-0.25, -0.2) is 14.2 Å². The standard InChI is InChI=1S/C36H46N10O5/c1-22(2)32-33-40-25(5)43-46(33)21-31(48)37-15-17-44(36(51)27-19-38-45-20-23(3)13-14-29(27)45)16-9-12-30(47)39-24(4)34(49)41-28(35(50)42-32)18-26-10-7-6-8-11-26/h6-8,10-11,13-14,19-20,22,24,28,32H,9,12,15-18,21H2,1-5H3,(H,37,48)(H,39,47)(H,41,49)(H,42,50)/t24-,28+,32-/m0/s1. The molecule has 0 unspecified atom stereocenters. The molecule has 3 atom stereocenters. The van der Waals surface area contributed by atoms with Gasteiger partial charge in [-0.3, -0.25) is 24.0 Å². The average Bonchev–Trinajstić information content (AvgIpc) is 3.67. The van der Waals surface area contributed by atoms with Crippen LogP contribution in [0.4, 0.5) is 0 Å². The van der Waals surface area contributed by atoms with E-state index >= 15 is 0 Å². The Labute approximate surface area is 296 Å². The second-order valence-electron chi connectivity index (χ2n) is 13.3. The highest BCUT2D eigenvalue weighted by molar-refractivity contribution is 6.00. The van der Waals surface area contributed by atoms with E-state index in [2.05, 4.69) is 36.4 Å². The van der Waals surface area contributed by atoms with Gasteiger partial charge in [-0.1, -0.05) is 50.2 Å². The summed E-state index contributed by atoms with van der Waals surface area (Å²) in [6.07, 6.45) is 3.89. The molecule has 4 heterocycles. The van der Waals surface area contributed by atoms with E-state index in [9.17, 15) is 24.0 Å². The lowest BCUT2D eigenvalue weighted by atomic mass is 10.0.